The molecule has 1 aliphatic rings. The minimum Gasteiger partial charge on any atom is -0.317 e. The van der Waals surface area contributed by atoms with E-state index in [2.05, 4.69) is 54.4 Å². The smallest absolute Gasteiger partial charge is 0.00191 e. The summed E-state index contributed by atoms with van der Waals surface area (Å²) < 4.78 is 0. The Kier molecular flexibility index (Phi) is 6.55. The van der Waals surface area contributed by atoms with Crippen molar-refractivity contribution < 1.29 is 0 Å². The predicted molar refractivity (Wildman–Crippen MR) is 87.0 cm³/mol. The summed E-state index contributed by atoms with van der Waals surface area (Å²) in [6.07, 6.45) is 3.99. The third-order valence-electron chi connectivity index (χ3n) is 4.39. The number of hydrogen-bond donors (Lipinski definition) is 1. The molecule has 0 saturated carbocycles. The maximum Gasteiger partial charge on any atom is 0.00191 e. The Morgan fingerprint density at radius 2 is 1.90 bits per heavy atom. The van der Waals surface area contributed by atoms with Crippen molar-refractivity contribution in [3.63, 3.8) is 0 Å². The van der Waals surface area contributed by atoms with Crippen LogP contribution in [0, 0.1) is 11.8 Å². The Balaban J connectivity index is 1.67. The van der Waals surface area contributed by atoms with Gasteiger partial charge < -0.3 is 10.2 Å². The molecule has 0 bridgehead atoms. The molecule has 0 aromatic heterocycles. The SMILES string of the molecule is CCNCC(C)CN1CCC(Cc2ccccc2)CC1. The monoisotopic (exact) mass is 274 g/mol. The molecule has 2 heteroatoms. The molecule has 0 spiro atoms. The second-order valence-electron chi connectivity index (χ2n) is 6.35. The fourth-order valence-electron chi connectivity index (χ4n) is 3.22. The zero-order valence-corrected chi connectivity index (χ0v) is 13.1. The molecule has 1 unspecified atom stereocenters. The molecule has 1 aromatic carbocycles. The minimum absolute atomic E-state index is 0.764. The Morgan fingerprint density at radius 1 is 1.20 bits per heavy atom. The third-order valence-corrected chi connectivity index (χ3v) is 4.39. The van der Waals surface area contributed by atoms with E-state index >= 15 is 0 Å². The van der Waals surface area contributed by atoms with Gasteiger partial charge >= 0.3 is 0 Å². The van der Waals surface area contributed by atoms with Crippen LogP contribution in [0.25, 0.3) is 0 Å². The molecular formula is C18H30N2. The first-order valence-corrected chi connectivity index (χ1v) is 8.25. The van der Waals surface area contributed by atoms with E-state index in [1.165, 1.54) is 44.5 Å². The average molecular weight is 274 g/mol. The molecule has 1 aliphatic heterocycles. The van der Waals surface area contributed by atoms with Crippen molar-refractivity contribution in [2.45, 2.75) is 33.1 Å². The highest BCUT2D eigenvalue weighted by Crippen LogP contribution is 2.22. The van der Waals surface area contributed by atoms with Crippen LogP contribution in [-0.2, 0) is 6.42 Å². The standard InChI is InChI=1S/C18H30N2/c1-3-19-14-16(2)15-20-11-9-18(10-12-20)13-17-7-5-4-6-8-17/h4-8,16,18-19H,3,9-15H2,1-2H3. The maximum absolute atomic E-state index is 3.45. The van der Waals surface area contributed by atoms with E-state index in [1.807, 2.05) is 0 Å². The molecule has 112 valence electrons. The fraction of sp³-hybridized carbons (Fsp3) is 0.667. The van der Waals surface area contributed by atoms with Crippen molar-refractivity contribution in [3.8, 4) is 0 Å². The minimum atomic E-state index is 0.764. The molecule has 2 rings (SSSR count). The van der Waals surface area contributed by atoms with Gasteiger partial charge in [-0.3, -0.25) is 0 Å². The van der Waals surface area contributed by atoms with Crippen molar-refractivity contribution in [2.24, 2.45) is 11.8 Å². The van der Waals surface area contributed by atoms with E-state index in [0.717, 1.165) is 24.9 Å². The predicted octanol–water partition coefficient (Wildman–Crippen LogP) is 3.19. The number of nitrogens with one attached hydrogen (secondary N) is 1. The Labute approximate surface area is 124 Å². The summed E-state index contributed by atoms with van der Waals surface area (Å²) in [6, 6.07) is 11.0. The van der Waals surface area contributed by atoms with Gasteiger partial charge in [-0.15, -0.1) is 0 Å². The number of rotatable bonds is 7. The quantitative estimate of drug-likeness (QED) is 0.821. The zero-order chi connectivity index (χ0) is 14.2. The van der Waals surface area contributed by atoms with E-state index in [0.29, 0.717) is 0 Å². The molecule has 1 saturated heterocycles. The fourth-order valence-corrected chi connectivity index (χ4v) is 3.22. The van der Waals surface area contributed by atoms with E-state index in [4.69, 9.17) is 0 Å². The van der Waals surface area contributed by atoms with Gasteiger partial charge in [-0.25, -0.2) is 0 Å². The van der Waals surface area contributed by atoms with E-state index in [1.54, 1.807) is 0 Å². The normalized spacial score (nSPS) is 19.1. The van der Waals surface area contributed by atoms with Gasteiger partial charge in [0.15, 0.2) is 0 Å². The second kappa shape index (κ2) is 8.43. The molecule has 2 nitrogen and oxygen atoms in total. The van der Waals surface area contributed by atoms with Crippen LogP contribution in [0.1, 0.15) is 32.3 Å². The highest BCUT2D eigenvalue weighted by molar-refractivity contribution is 5.15. The van der Waals surface area contributed by atoms with Crippen LogP contribution in [0.3, 0.4) is 0 Å². The highest BCUT2D eigenvalue weighted by Gasteiger charge is 2.20. The van der Waals surface area contributed by atoms with Crippen LogP contribution in [-0.4, -0.2) is 37.6 Å². The maximum atomic E-state index is 3.45. The van der Waals surface area contributed by atoms with Gasteiger partial charge in [0.2, 0.25) is 0 Å². The number of hydrogen-bond acceptors (Lipinski definition) is 2. The van der Waals surface area contributed by atoms with Gasteiger partial charge in [0.1, 0.15) is 0 Å². The van der Waals surface area contributed by atoms with Crippen molar-refractivity contribution in [1.82, 2.24) is 10.2 Å². The van der Waals surface area contributed by atoms with Gasteiger partial charge in [0.25, 0.3) is 0 Å². The summed E-state index contributed by atoms with van der Waals surface area (Å²) >= 11 is 0. The molecule has 0 amide bonds. The molecule has 1 aromatic rings. The molecule has 1 heterocycles. The van der Waals surface area contributed by atoms with E-state index in [-0.39, 0.29) is 0 Å². The molecule has 1 N–H and O–H groups in total. The third kappa shape index (κ3) is 5.26. The number of nitrogens with zero attached hydrogens (tertiary/aromatic N) is 1. The van der Waals surface area contributed by atoms with Crippen LogP contribution in [0.5, 0.6) is 0 Å². The molecule has 20 heavy (non-hydrogen) atoms. The van der Waals surface area contributed by atoms with Crippen LogP contribution < -0.4 is 5.32 Å². The summed E-state index contributed by atoms with van der Waals surface area (Å²) in [5.74, 6) is 1.65. The van der Waals surface area contributed by atoms with Crippen molar-refractivity contribution in [1.29, 1.82) is 0 Å². The Hall–Kier alpha value is -0.860. The van der Waals surface area contributed by atoms with Crippen LogP contribution >= 0.6 is 0 Å². The van der Waals surface area contributed by atoms with Crippen LogP contribution in [0.2, 0.25) is 0 Å². The van der Waals surface area contributed by atoms with Gasteiger partial charge in [0.05, 0.1) is 0 Å². The Morgan fingerprint density at radius 3 is 2.55 bits per heavy atom. The first kappa shape index (κ1) is 15.5. The van der Waals surface area contributed by atoms with Gasteiger partial charge in [-0.2, -0.15) is 0 Å². The summed E-state index contributed by atoms with van der Waals surface area (Å²) in [5.41, 5.74) is 1.51. The second-order valence-corrected chi connectivity index (χ2v) is 6.35. The lowest BCUT2D eigenvalue weighted by atomic mass is 9.90. The van der Waals surface area contributed by atoms with E-state index in [9.17, 15) is 0 Å². The average Bonchev–Trinajstić information content (AvgIpc) is 2.48. The summed E-state index contributed by atoms with van der Waals surface area (Å²) in [5, 5.41) is 3.45. The zero-order valence-electron chi connectivity index (χ0n) is 13.1. The van der Waals surface area contributed by atoms with Gasteiger partial charge in [-0.1, -0.05) is 44.2 Å². The van der Waals surface area contributed by atoms with Crippen molar-refractivity contribution in [3.05, 3.63) is 35.9 Å². The van der Waals surface area contributed by atoms with Crippen molar-refractivity contribution >= 4 is 0 Å². The number of benzene rings is 1. The van der Waals surface area contributed by atoms with Crippen LogP contribution in [0.15, 0.2) is 30.3 Å². The van der Waals surface area contributed by atoms with Crippen molar-refractivity contribution in [2.75, 3.05) is 32.7 Å². The Bertz CT molecular complexity index is 355. The van der Waals surface area contributed by atoms with Crippen LogP contribution in [0.4, 0.5) is 0 Å². The summed E-state index contributed by atoms with van der Waals surface area (Å²) in [6.45, 7) is 10.6. The molecule has 0 aliphatic carbocycles. The van der Waals surface area contributed by atoms with E-state index < -0.39 is 0 Å². The first-order valence-electron chi connectivity index (χ1n) is 8.25. The molecule has 1 fully saturated rings. The highest BCUT2D eigenvalue weighted by atomic mass is 15.1. The number of piperidine rings is 1. The summed E-state index contributed by atoms with van der Waals surface area (Å²) in [7, 11) is 0. The lowest BCUT2D eigenvalue weighted by molar-refractivity contribution is 0.163. The lowest BCUT2D eigenvalue weighted by Crippen LogP contribution is -2.39. The summed E-state index contributed by atoms with van der Waals surface area (Å²) in [4.78, 5) is 2.66. The number of likely N-dealkylation sites (tertiary alicyclic amines) is 1. The van der Waals surface area contributed by atoms with Gasteiger partial charge in [0, 0.05) is 6.54 Å². The van der Waals surface area contributed by atoms with Gasteiger partial charge in [-0.05, 0) is 62.8 Å². The topological polar surface area (TPSA) is 15.3 Å². The first-order chi connectivity index (χ1) is 9.78. The molecule has 0 radical (unpaired) electrons. The largest absolute Gasteiger partial charge is 0.317 e. The lowest BCUT2D eigenvalue weighted by Gasteiger charge is -2.33. The molecular weight excluding hydrogens is 244 g/mol. The molecule has 1 atom stereocenters.